The van der Waals surface area contributed by atoms with E-state index in [4.69, 9.17) is 5.11 Å². The maximum Gasteiger partial charge on any atom is 0.242 e. The zero-order chi connectivity index (χ0) is 10.7. The van der Waals surface area contributed by atoms with Gasteiger partial charge in [-0.15, -0.1) is 0 Å². The molecule has 2 amide bonds. The molecule has 0 saturated carbocycles. The lowest BCUT2D eigenvalue weighted by Crippen LogP contribution is -2.39. The first kappa shape index (κ1) is 11.0. The summed E-state index contributed by atoms with van der Waals surface area (Å²) in [5.41, 5.74) is 0. The predicted octanol–water partition coefficient (Wildman–Crippen LogP) is -0.942. The summed E-state index contributed by atoms with van der Waals surface area (Å²) < 4.78 is 0. The number of β-amino-alcohol motifs (C(OH)–C–C–N with tert-alkyl or cyclic N) is 1. The minimum Gasteiger partial charge on any atom is -0.392 e. The van der Waals surface area contributed by atoms with Gasteiger partial charge in [0.25, 0.3) is 0 Å². The fourth-order valence-corrected chi connectivity index (χ4v) is 1.45. The molecule has 14 heavy (non-hydrogen) atoms. The highest BCUT2D eigenvalue weighted by Gasteiger charge is 2.24. The van der Waals surface area contributed by atoms with Gasteiger partial charge in [-0.25, -0.2) is 0 Å². The van der Waals surface area contributed by atoms with Gasteiger partial charge < -0.3 is 14.9 Å². The Labute approximate surface area is 83.3 Å². The van der Waals surface area contributed by atoms with Crippen molar-refractivity contribution in [2.75, 3.05) is 26.7 Å². The lowest BCUT2D eigenvalue weighted by atomic mass is 10.3. The fourth-order valence-electron chi connectivity index (χ4n) is 1.45. The molecule has 1 aliphatic heterocycles. The van der Waals surface area contributed by atoms with Crippen LogP contribution >= 0.6 is 0 Å². The number of carbonyl (C=O) groups is 2. The Hall–Kier alpha value is -1.10. The Morgan fingerprint density at radius 1 is 1.43 bits per heavy atom. The fraction of sp³-hybridized carbons (Fsp3) is 0.778. The van der Waals surface area contributed by atoms with E-state index in [0.29, 0.717) is 19.5 Å². The summed E-state index contributed by atoms with van der Waals surface area (Å²) in [5.74, 6) is -0.120. The van der Waals surface area contributed by atoms with Crippen LogP contribution in [-0.4, -0.2) is 59.5 Å². The third-order valence-electron chi connectivity index (χ3n) is 2.23. The predicted molar refractivity (Wildman–Crippen MR) is 50.5 cm³/mol. The second kappa shape index (κ2) is 4.41. The Balaban J connectivity index is 2.61. The molecule has 5 heteroatoms. The minimum atomic E-state index is -0.544. The summed E-state index contributed by atoms with van der Waals surface area (Å²) in [5, 5.41) is 9.15. The monoisotopic (exact) mass is 200 g/mol. The van der Waals surface area contributed by atoms with Gasteiger partial charge in [0.1, 0.15) is 0 Å². The quantitative estimate of drug-likeness (QED) is 0.625. The lowest BCUT2D eigenvalue weighted by molar-refractivity contribution is -0.135. The Morgan fingerprint density at radius 3 is 2.64 bits per heavy atom. The Bertz CT molecular complexity index is 240. The summed E-state index contributed by atoms with van der Waals surface area (Å²) >= 11 is 0. The average Bonchev–Trinajstić information content (AvgIpc) is 2.18. The summed E-state index contributed by atoms with van der Waals surface area (Å²) in [6, 6.07) is 0. The summed E-state index contributed by atoms with van der Waals surface area (Å²) in [7, 11) is 1.62. The van der Waals surface area contributed by atoms with Crippen molar-refractivity contribution in [3.05, 3.63) is 0 Å². The van der Waals surface area contributed by atoms with Crippen molar-refractivity contribution in [2.24, 2.45) is 0 Å². The van der Waals surface area contributed by atoms with E-state index < -0.39 is 6.10 Å². The summed E-state index contributed by atoms with van der Waals surface area (Å²) in [6.07, 6.45) is -0.202. The van der Waals surface area contributed by atoms with Crippen LogP contribution in [0.4, 0.5) is 0 Å². The first-order valence-electron chi connectivity index (χ1n) is 4.70. The Kier molecular flexibility index (Phi) is 3.46. The average molecular weight is 200 g/mol. The number of hydrogen-bond donors (Lipinski definition) is 1. The Morgan fingerprint density at radius 2 is 2.07 bits per heavy atom. The van der Waals surface area contributed by atoms with Crippen LogP contribution in [0.5, 0.6) is 0 Å². The highest BCUT2D eigenvalue weighted by atomic mass is 16.3. The number of hydrogen-bond acceptors (Lipinski definition) is 3. The molecule has 1 unspecified atom stereocenters. The number of amides is 2. The van der Waals surface area contributed by atoms with Crippen molar-refractivity contribution < 1.29 is 14.7 Å². The molecular weight excluding hydrogens is 184 g/mol. The van der Waals surface area contributed by atoms with E-state index in [2.05, 4.69) is 0 Å². The molecule has 1 N–H and O–H groups in total. The zero-order valence-electron chi connectivity index (χ0n) is 8.56. The van der Waals surface area contributed by atoms with Crippen LogP contribution in [0, 0.1) is 0 Å². The van der Waals surface area contributed by atoms with Crippen molar-refractivity contribution in [1.29, 1.82) is 0 Å². The summed E-state index contributed by atoms with van der Waals surface area (Å²) in [4.78, 5) is 25.8. The number of nitrogens with zero attached hydrogens (tertiary/aromatic N) is 2. The van der Waals surface area contributed by atoms with Gasteiger partial charge in [-0.2, -0.15) is 0 Å². The van der Waals surface area contributed by atoms with Gasteiger partial charge in [0, 0.05) is 26.6 Å². The van der Waals surface area contributed by atoms with Crippen LogP contribution in [0.3, 0.4) is 0 Å². The zero-order valence-corrected chi connectivity index (χ0v) is 8.56. The minimum absolute atomic E-state index is 0.0218. The van der Waals surface area contributed by atoms with Crippen molar-refractivity contribution in [3.63, 3.8) is 0 Å². The van der Waals surface area contributed by atoms with E-state index >= 15 is 0 Å². The van der Waals surface area contributed by atoms with Crippen LogP contribution in [0.15, 0.2) is 0 Å². The van der Waals surface area contributed by atoms with Gasteiger partial charge in [0.2, 0.25) is 11.8 Å². The maximum atomic E-state index is 11.5. The van der Waals surface area contributed by atoms with Crippen molar-refractivity contribution >= 4 is 11.8 Å². The van der Waals surface area contributed by atoms with Crippen LogP contribution in [0.1, 0.15) is 13.3 Å². The van der Waals surface area contributed by atoms with Crippen molar-refractivity contribution in [3.8, 4) is 0 Å². The molecule has 1 heterocycles. The second-order valence-electron chi connectivity index (χ2n) is 3.69. The van der Waals surface area contributed by atoms with Gasteiger partial charge >= 0.3 is 0 Å². The number of aliphatic hydroxyl groups is 1. The van der Waals surface area contributed by atoms with Gasteiger partial charge in [-0.05, 0) is 6.92 Å². The smallest absolute Gasteiger partial charge is 0.242 e. The number of rotatable bonds is 2. The van der Waals surface area contributed by atoms with E-state index in [-0.39, 0.29) is 18.4 Å². The second-order valence-corrected chi connectivity index (χ2v) is 3.69. The SMILES string of the molecule is CC(O)CN1CCC(=O)N(C)CC1=O. The maximum absolute atomic E-state index is 11.5. The van der Waals surface area contributed by atoms with Crippen LogP contribution in [0.25, 0.3) is 0 Å². The van der Waals surface area contributed by atoms with Gasteiger partial charge in [0.05, 0.1) is 12.6 Å². The molecule has 0 aromatic rings. The number of aliphatic hydroxyl groups excluding tert-OH is 1. The van der Waals surface area contributed by atoms with E-state index in [0.717, 1.165) is 0 Å². The van der Waals surface area contributed by atoms with Crippen molar-refractivity contribution in [1.82, 2.24) is 9.80 Å². The van der Waals surface area contributed by atoms with Crippen LogP contribution in [0.2, 0.25) is 0 Å². The molecule has 0 spiro atoms. The molecule has 1 aliphatic rings. The molecule has 80 valence electrons. The van der Waals surface area contributed by atoms with Gasteiger partial charge in [-0.1, -0.05) is 0 Å². The van der Waals surface area contributed by atoms with E-state index in [9.17, 15) is 9.59 Å². The molecule has 1 rings (SSSR count). The third kappa shape index (κ3) is 2.70. The summed E-state index contributed by atoms with van der Waals surface area (Å²) in [6.45, 7) is 2.46. The van der Waals surface area contributed by atoms with Gasteiger partial charge in [-0.3, -0.25) is 9.59 Å². The highest BCUT2D eigenvalue weighted by Crippen LogP contribution is 2.04. The normalized spacial score (nSPS) is 21.1. The lowest BCUT2D eigenvalue weighted by Gasteiger charge is -2.21. The molecule has 0 bridgehead atoms. The van der Waals surface area contributed by atoms with E-state index in [1.54, 1.807) is 14.0 Å². The number of carbonyl (C=O) groups excluding carboxylic acids is 2. The molecular formula is C9H16N2O3. The standard InChI is InChI=1S/C9H16N2O3/c1-7(12)5-11-4-3-8(13)10(2)6-9(11)14/h7,12H,3-6H2,1-2H3. The van der Waals surface area contributed by atoms with Crippen LogP contribution in [-0.2, 0) is 9.59 Å². The van der Waals surface area contributed by atoms with Gasteiger partial charge in [0.15, 0.2) is 0 Å². The van der Waals surface area contributed by atoms with Crippen LogP contribution < -0.4 is 0 Å². The third-order valence-corrected chi connectivity index (χ3v) is 2.23. The largest absolute Gasteiger partial charge is 0.392 e. The molecule has 0 radical (unpaired) electrons. The van der Waals surface area contributed by atoms with E-state index in [1.807, 2.05) is 0 Å². The molecule has 1 fully saturated rings. The number of likely N-dealkylation sites (N-methyl/N-ethyl adjacent to an activating group) is 1. The highest BCUT2D eigenvalue weighted by molar-refractivity contribution is 5.87. The molecule has 1 saturated heterocycles. The molecule has 0 aromatic carbocycles. The topological polar surface area (TPSA) is 60.9 Å². The van der Waals surface area contributed by atoms with E-state index in [1.165, 1.54) is 9.80 Å². The first-order chi connectivity index (χ1) is 6.50. The molecule has 5 nitrogen and oxygen atoms in total. The molecule has 1 atom stereocenters. The van der Waals surface area contributed by atoms with Crippen molar-refractivity contribution in [2.45, 2.75) is 19.4 Å². The molecule has 0 aromatic heterocycles. The molecule has 0 aliphatic carbocycles. The first-order valence-corrected chi connectivity index (χ1v) is 4.70.